The molecule has 1 aromatic heterocycles. The second-order valence-corrected chi connectivity index (χ2v) is 5.07. The summed E-state index contributed by atoms with van der Waals surface area (Å²) >= 11 is 1.28. The predicted octanol–water partition coefficient (Wildman–Crippen LogP) is 2.96. The van der Waals surface area contributed by atoms with Crippen molar-refractivity contribution in [2.45, 2.75) is 26.2 Å². The van der Waals surface area contributed by atoms with Gasteiger partial charge in [-0.15, -0.1) is 0 Å². The molecule has 2 N–H and O–H groups in total. The number of rotatable bonds is 5. The number of ether oxygens (including phenoxy) is 1. The zero-order valence-corrected chi connectivity index (χ0v) is 11.4. The molecular formula is C13H17N3OS. The zero-order valence-electron chi connectivity index (χ0n) is 10.6. The summed E-state index contributed by atoms with van der Waals surface area (Å²) in [6, 6.07) is 7.90. The first-order valence-corrected chi connectivity index (χ1v) is 6.77. The van der Waals surface area contributed by atoms with Crippen LogP contribution in [0.4, 0.5) is 0 Å². The molecule has 18 heavy (non-hydrogen) atoms. The minimum atomic E-state index is 0.325. The topological polar surface area (TPSA) is 61.0 Å². The van der Waals surface area contributed by atoms with Gasteiger partial charge < -0.3 is 10.5 Å². The number of hydrogen-bond donors (Lipinski definition) is 1. The Morgan fingerprint density at radius 2 is 2.00 bits per heavy atom. The van der Waals surface area contributed by atoms with Gasteiger partial charge in [0.1, 0.15) is 11.6 Å². The highest BCUT2D eigenvalue weighted by Crippen LogP contribution is 2.25. The van der Waals surface area contributed by atoms with Gasteiger partial charge in [-0.1, -0.05) is 26.0 Å². The summed E-state index contributed by atoms with van der Waals surface area (Å²) in [5, 5.41) is 0.588. The van der Waals surface area contributed by atoms with Crippen molar-refractivity contribution in [2.75, 3.05) is 6.54 Å². The van der Waals surface area contributed by atoms with E-state index in [1.165, 1.54) is 17.1 Å². The molecule has 0 fully saturated rings. The monoisotopic (exact) mass is 263 g/mol. The van der Waals surface area contributed by atoms with E-state index in [1.54, 1.807) is 0 Å². The lowest BCUT2D eigenvalue weighted by atomic mass is 10.1. The highest BCUT2D eigenvalue weighted by atomic mass is 32.1. The molecular weight excluding hydrogens is 246 g/mol. The van der Waals surface area contributed by atoms with Crippen molar-refractivity contribution in [3.05, 3.63) is 35.7 Å². The molecule has 96 valence electrons. The molecule has 5 heteroatoms. The van der Waals surface area contributed by atoms with Crippen LogP contribution in [0.1, 0.15) is 31.2 Å². The summed E-state index contributed by atoms with van der Waals surface area (Å²) in [5.41, 5.74) is 6.72. The van der Waals surface area contributed by atoms with E-state index in [9.17, 15) is 0 Å². The minimum absolute atomic E-state index is 0.325. The SMILES string of the molecule is CC(C)c1nsc(Oc2ccc(CCN)cc2)n1. The lowest BCUT2D eigenvalue weighted by molar-refractivity contribution is 0.476. The Hall–Kier alpha value is -1.46. The molecule has 0 saturated carbocycles. The zero-order chi connectivity index (χ0) is 13.0. The fraction of sp³-hybridized carbons (Fsp3) is 0.385. The quantitative estimate of drug-likeness (QED) is 0.901. The smallest absolute Gasteiger partial charge is 0.298 e. The van der Waals surface area contributed by atoms with Gasteiger partial charge in [0.25, 0.3) is 5.19 Å². The van der Waals surface area contributed by atoms with Crippen LogP contribution in [0.3, 0.4) is 0 Å². The van der Waals surface area contributed by atoms with Gasteiger partial charge in [-0.25, -0.2) is 0 Å². The van der Waals surface area contributed by atoms with Crippen molar-refractivity contribution in [3.63, 3.8) is 0 Å². The van der Waals surface area contributed by atoms with Crippen molar-refractivity contribution in [1.82, 2.24) is 9.36 Å². The number of nitrogens with two attached hydrogens (primary N) is 1. The van der Waals surface area contributed by atoms with Gasteiger partial charge in [0.2, 0.25) is 0 Å². The Balaban J connectivity index is 2.03. The first kappa shape index (κ1) is 13.0. The number of hydrogen-bond acceptors (Lipinski definition) is 5. The third-order valence-corrected chi connectivity index (χ3v) is 3.11. The van der Waals surface area contributed by atoms with Crippen molar-refractivity contribution in [1.29, 1.82) is 0 Å². The average molecular weight is 263 g/mol. The molecule has 1 heterocycles. The lowest BCUT2D eigenvalue weighted by Gasteiger charge is -2.02. The largest absolute Gasteiger partial charge is 0.430 e. The summed E-state index contributed by atoms with van der Waals surface area (Å²) in [7, 11) is 0. The summed E-state index contributed by atoms with van der Waals surface area (Å²) in [5.74, 6) is 1.93. The van der Waals surface area contributed by atoms with Crippen LogP contribution in [0, 0.1) is 0 Å². The van der Waals surface area contributed by atoms with Gasteiger partial charge >= 0.3 is 0 Å². The minimum Gasteiger partial charge on any atom is -0.430 e. The molecule has 0 aliphatic rings. The number of benzene rings is 1. The van der Waals surface area contributed by atoms with Crippen molar-refractivity contribution in [2.24, 2.45) is 5.73 Å². The molecule has 0 unspecified atom stereocenters. The first-order chi connectivity index (χ1) is 8.69. The molecule has 2 rings (SSSR count). The van der Waals surface area contributed by atoms with Crippen molar-refractivity contribution in [3.8, 4) is 10.9 Å². The van der Waals surface area contributed by atoms with Crippen LogP contribution in [0.25, 0.3) is 0 Å². The molecule has 0 radical (unpaired) electrons. The Bertz CT molecular complexity index is 493. The fourth-order valence-electron chi connectivity index (χ4n) is 1.49. The Morgan fingerprint density at radius 3 is 2.56 bits per heavy atom. The third-order valence-electron chi connectivity index (χ3n) is 2.50. The van der Waals surface area contributed by atoms with E-state index < -0.39 is 0 Å². The highest BCUT2D eigenvalue weighted by Gasteiger charge is 2.09. The predicted molar refractivity (Wildman–Crippen MR) is 73.3 cm³/mol. The maximum absolute atomic E-state index is 5.66. The van der Waals surface area contributed by atoms with Crippen LogP contribution in [-0.4, -0.2) is 15.9 Å². The van der Waals surface area contributed by atoms with Crippen molar-refractivity contribution < 1.29 is 4.74 Å². The number of nitrogens with zero attached hydrogens (tertiary/aromatic N) is 2. The Labute approximate surface area is 111 Å². The van der Waals surface area contributed by atoms with Crippen LogP contribution < -0.4 is 10.5 Å². The molecule has 0 bridgehead atoms. The molecule has 4 nitrogen and oxygen atoms in total. The first-order valence-electron chi connectivity index (χ1n) is 5.99. The molecule has 0 atom stereocenters. The molecule has 0 aliphatic carbocycles. The average Bonchev–Trinajstić information content (AvgIpc) is 2.81. The summed E-state index contributed by atoms with van der Waals surface area (Å²) < 4.78 is 9.90. The highest BCUT2D eigenvalue weighted by molar-refractivity contribution is 7.07. The van der Waals surface area contributed by atoms with Crippen LogP contribution in [-0.2, 0) is 6.42 Å². The maximum atomic E-state index is 5.66. The van der Waals surface area contributed by atoms with Gasteiger partial charge in [0.05, 0.1) is 0 Å². The molecule has 1 aromatic carbocycles. The van der Waals surface area contributed by atoms with Crippen LogP contribution >= 0.6 is 11.5 Å². The van der Waals surface area contributed by atoms with E-state index in [2.05, 4.69) is 23.2 Å². The second-order valence-electron chi connectivity index (χ2n) is 4.36. The van der Waals surface area contributed by atoms with E-state index in [-0.39, 0.29) is 0 Å². The standard InChI is InChI=1S/C13H17N3OS/c1-9(2)12-15-13(18-16-12)17-11-5-3-10(4-6-11)7-8-14/h3-6,9H,7-8,14H2,1-2H3. The fourth-order valence-corrected chi connectivity index (χ4v) is 2.18. The van der Waals surface area contributed by atoms with E-state index in [4.69, 9.17) is 10.5 Å². The van der Waals surface area contributed by atoms with E-state index in [0.717, 1.165) is 18.0 Å². The maximum Gasteiger partial charge on any atom is 0.298 e. The lowest BCUT2D eigenvalue weighted by Crippen LogP contribution is -2.02. The van der Waals surface area contributed by atoms with E-state index in [1.807, 2.05) is 24.3 Å². The third kappa shape index (κ3) is 3.27. The van der Waals surface area contributed by atoms with Crippen molar-refractivity contribution >= 4 is 11.5 Å². The normalized spacial score (nSPS) is 10.9. The van der Waals surface area contributed by atoms with Gasteiger partial charge in [0, 0.05) is 17.5 Å². The van der Waals surface area contributed by atoms with Gasteiger partial charge in [0.15, 0.2) is 0 Å². The summed E-state index contributed by atoms with van der Waals surface area (Å²) in [6.45, 7) is 4.79. The molecule has 0 saturated heterocycles. The Morgan fingerprint density at radius 1 is 1.28 bits per heavy atom. The van der Waals surface area contributed by atoms with E-state index in [0.29, 0.717) is 17.7 Å². The van der Waals surface area contributed by atoms with Gasteiger partial charge in [-0.3, -0.25) is 0 Å². The van der Waals surface area contributed by atoms with Crippen LogP contribution in [0.15, 0.2) is 24.3 Å². The molecule has 0 aliphatic heterocycles. The Kier molecular flexibility index (Phi) is 4.28. The molecule has 0 spiro atoms. The molecule has 2 aromatic rings. The van der Waals surface area contributed by atoms with Crippen LogP contribution in [0.5, 0.6) is 10.9 Å². The second kappa shape index (κ2) is 5.93. The van der Waals surface area contributed by atoms with E-state index >= 15 is 0 Å². The number of aromatic nitrogens is 2. The molecule has 0 amide bonds. The van der Waals surface area contributed by atoms with Crippen LogP contribution in [0.2, 0.25) is 0 Å². The summed E-state index contributed by atoms with van der Waals surface area (Å²) in [4.78, 5) is 4.33. The summed E-state index contributed by atoms with van der Waals surface area (Å²) in [6.07, 6.45) is 0.886. The van der Waals surface area contributed by atoms with Gasteiger partial charge in [-0.05, 0) is 30.7 Å². The van der Waals surface area contributed by atoms with Gasteiger partial charge in [-0.2, -0.15) is 9.36 Å².